The van der Waals surface area contributed by atoms with Crippen molar-refractivity contribution in [2.45, 2.75) is 17.7 Å². The number of sulfonamides is 1. The first-order chi connectivity index (χ1) is 16.8. The van der Waals surface area contributed by atoms with Gasteiger partial charge in [-0.05, 0) is 37.1 Å². The SMILES string of the molecule is Cn1c(=O)oc2cc(S(=O)(=O)N3CCC[C@H](C(=O)N4CCN(C(=O)c5ccco5)CC4)C3)ccc21. The van der Waals surface area contributed by atoms with Gasteiger partial charge in [-0.2, -0.15) is 4.31 Å². The molecule has 0 saturated carbocycles. The number of aryl methyl sites for hydroxylation is 1. The Balaban J connectivity index is 1.25. The number of carbonyl (C=O) groups is 2. The molecule has 0 N–H and O–H groups in total. The van der Waals surface area contributed by atoms with Crippen LogP contribution in [0.15, 0.2) is 55.1 Å². The van der Waals surface area contributed by atoms with Gasteiger partial charge in [0.25, 0.3) is 5.91 Å². The highest BCUT2D eigenvalue weighted by atomic mass is 32.2. The molecule has 0 bridgehead atoms. The second-order valence-corrected chi connectivity index (χ2v) is 10.8. The maximum Gasteiger partial charge on any atom is 0.419 e. The van der Waals surface area contributed by atoms with E-state index in [0.29, 0.717) is 51.1 Å². The molecule has 2 aliphatic rings. The van der Waals surface area contributed by atoms with Crippen LogP contribution in [0.25, 0.3) is 11.1 Å². The summed E-state index contributed by atoms with van der Waals surface area (Å²) in [7, 11) is -2.32. The third-order valence-corrected chi connectivity index (χ3v) is 8.61. The second-order valence-electron chi connectivity index (χ2n) is 8.85. The smallest absolute Gasteiger partial charge is 0.419 e. The highest BCUT2D eigenvalue weighted by Gasteiger charge is 2.36. The van der Waals surface area contributed by atoms with Crippen LogP contribution < -0.4 is 5.76 Å². The zero-order chi connectivity index (χ0) is 24.7. The molecule has 4 heterocycles. The van der Waals surface area contributed by atoms with Gasteiger partial charge in [0.05, 0.1) is 22.6 Å². The molecule has 0 spiro atoms. The van der Waals surface area contributed by atoms with Crippen molar-refractivity contribution in [3.63, 3.8) is 0 Å². The minimum Gasteiger partial charge on any atom is -0.459 e. The van der Waals surface area contributed by atoms with Crippen molar-refractivity contribution in [1.82, 2.24) is 18.7 Å². The van der Waals surface area contributed by atoms with E-state index in [-0.39, 0.29) is 34.6 Å². The van der Waals surface area contributed by atoms with Gasteiger partial charge >= 0.3 is 5.76 Å². The molecule has 2 aromatic heterocycles. The Labute approximate surface area is 201 Å². The van der Waals surface area contributed by atoms with Crippen molar-refractivity contribution in [3.8, 4) is 0 Å². The zero-order valence-electron chi connectivity index (χ0n) is 19.3. The largest absolute Gasteiger partial charge is 0.459 e. The topological polar surface area (TPSA) is 126 Å². The second kappa shape index (κ2) is 9.00. The van der Waals surface area contributed by atoms with Crippen LogP contribution in [0.4, 0.5) is 0 Å². The number of nitrogens with zero attached hydrogens (tertiary/aromatic N) is 4. The number of rotatable bonds is 4. The first-order valence-corrected chi connectivity index (χ1v) is 12.9. The Kier molecular flexibility index (Phi) is 6.01. The maximum atomic E-state index is 13.3. The number of piperazine rings is 1. The van der Waals surface area contributed by atoms with E-state index in [1.165, 1.54) is 27.3 Å². The lowest BCUT2D eigenvalue weighted by atomic mass is 9.97. The summed E-state index contributed by atoms with van der Waals surface area (Å²) in [4.78, 5) is 40.8. The Hall–Kier alpha value is -3.38. The fourth-order valence-electron chi connectivity index (χ4n) is 4.73. The predicted octanol–water partition coefficient (Wildman–Crippen LogP) is 1.11. The molecule has 0 radical (unpaired) electrons. The molecule has 3 aromatic rings. The Morgan fingerprint density at radius 3 is 2.49 bits per heavy atom. The van der Waals surface area contributed by atoms with Crippen LogP contribution in [0, 0.1) is 5.92 Å². The number of hydrogen-bond acceptors (Lipinski definition) is 7. The number of benzene rings is 1. The molecular formula is C23H26N4O7S. The molecule has 1 aromatic carbocycles. The van der Waals surface area contributed by atoms with Gasteiger partial charge in [-0.3, -0.25) is 14.2 Å². The van der Waals surface area contributed by atoms with E-state index in [1.54, 1.807) is 35.0 Å². The number of oxazole rings is 1. The van der Waals surface area contributed by atoms with Crippen molar-refractivity contribution >= 4 is 32.9 Å². The highest BCUT2D eigenvalue weighted by Crippen LogP contribution is 2.27. The van der Waals surface area contributed by atoms with Gasteiger partial charge in [0.1, 0.15) is 0 Å². The van der Waals surface area contributed by atoms with Crippen LogP contribution in [-0.2, 0) is 21.9 Å². The highest BCUT2D eigenvalue weighted by molar-refractivity contribution is 7.89. The molecule has 2 amide bonds. The Morgan fingerprint density at radius 1 is 1.03 bits per heavy atom. The van der Waals surface area contributed by atoms with Crippen LogP contribution in [0.1, 0.15) is 23.4 Å². The van der Waals surface area contributed by atoms with Gasteiger partial charge < -0.3 is 18.6 Å². The van der Waals surface area contributed by atoms with Crippen molar-refractivity contribution in [3.05, 3.63) is 52.9 Å². The van der Waals surface area contributed by atoms with Gasteiger partial charge in [0, 0.05) is 52.4 Å². The molecule has 35 heavy (non-hydrogen) atoms. The molecule has 0 unspecified atom stereocenters. The van der Waals surface area contributed by atoms with Gasteiger partial charge in [-0.25, -0.2) is 13.2 Å². The molecular weight excluding hydrogens is 476 g/mol. The van der Waals surface area contributed by atoms with E-state index >= 15 is 0 Å². The van der Waals surface area contributed by atoms with Crippen molar-refractivity contribution in [1.29, 1.82) is 0 Å². The average molecular weight is 503 g/mol. The lowest BCUT2D eigenvalue weighted by Crippen LogP contribution is -2.54. The summed E-state index contributed by atoms with van der Waals surface area (Å²) < 4.78 is 39.6. The monoisotopic (exact) mass is 502 g/mol. The summed E-state index contributed by atoms with van der Waals surface area (Å²) in [6.07, 6.45) is 2.61. The normalized spacial score (nSPS) is 19.9. The summed E-state index contributed by atoms with van der Waals surface area (Å²) in [6, 6.07) is 7.62. The van der Waals surface area contributed by atoms with E-state index in [9.17, 15) is 22.8 Å². The lowest BCUT2D eigenvalue weighted by Gasteiger charge is -2.38. The number of carbonyl (C=O) groups excluding carboxylic acids is 2. The third kappa shape index (κ3) is 4.27. The molecule has 186 valence electrons. The molecule has 2 aliphatic heterocycles. The molecule has 2 saturated heterocycles. The molecule has 0 aliphatic carbocycles. The fraction of sp³-hybridized carbons (Fsp3) is 0.435. The first-order valence-electron chi connectivity index (χ1n) is 11.5. The first kappa shape index (κ1) is 23.4. The van der Waals surface area contributed by atoms with Crippen LogP contribution in [-0.4, -0.2) is 78.2 Å². The number of fused-ring (bicyclic) bond motifs is 1. The van der Waals surface area contributed by atoms with E-state index < -0.39 is 21.7 Å². The predicted molar refractivity (Wildman–Crippen MR) is 124 cm³/mol. The number of amides is 2. The van der Waals surface area contributed by atoms with E-state index in [1.807, 2.05) is 0 Å². The van der Waals surface area contributed by atoms with Crippen LogP contribution in [0.2, 0.25) is 0 Å². The number of furan rings is 1. The third-order valence-electron chi connectivity index (χ3n) is 6.75. The van der Waals surface area contributed by atoms with Crippen LogP contribution in [0.3, 0.4) is 0 Å². The van der Waals surface area contributed by atoms with Crippen LogP contribution in [0.5, 0.6) is 0 Å². The summed E-state index contributed by atoms with van der Waals surface area (Å²) >= 11 is 0. The van der Waals surface area contributed by atoms with Gasteiger partial charge in [0.15, 0.2) is 11.3 Å². The van der Waals surface area contributed by atoms with Gasteiger partial charge in [-0.15, -0.1) is 0 Å². The molecule has 5 rings (SSSR count). The minimum atomic E-state index is -3.87. The van der Waals surface area contributed by atoms with Crippen molar-refractivity contribution in [2.24, 2.45) is 13.0 Å². The molecule has 12 heteroatoms. The van der Waals surface area contributed by atoms with Gasteiger partial charge in [0.2, 0.25) is 15.9 Å². The van der Waals surface area contributed by atoms with Crippen molar-refractivity contribution in [2.75, 3.05) is 39.3 Å². The summed E-state index contributed by atoms with van der Waals surface area (Å²) in [5.74, 6) is -1.05. The molecule has 1 atom stereocenters. The van der Waals surface area contributed by atoms with E-state index in [0.717, 1.165) is 0 Å². The zero-order valence-corrected chi connectivity index (χ0v) is 20.1. The number of hydrogen-bond donors (Lipinski definition) is 0. The van der Waals surface area contributed by atoms with E-state index in [4.69, 9.17) is 8.83 Å². The summed E-state index contributed by atoms with van der Waals surface area (Å²) in [6.45, 7) is 1.96. The minimum absolute atomic E-state index is 0.0255. The maximum absolute atomic E-state index is 13.3. The standard InChI is InChI=1S/C23H26N4O7S/c1-24-18-7-6-17(14-20(18)34-23(24)30)35(31,32)27-8-2-4-16(15-27)21(28)25-9-11-26(12-10-25)22(29)19-5-3-13-33-19/h3,5-7,13-14,16H,2,4,8-12,15H2,1H3/t16-/m0/s1. The number of aromatic nitrogens is 1. The number of piperidine rings is 1. The average Bonchev–Trinajstić information content (AvgIpc) is 3.51. The van der Waals surface area contributed by atoms with Crippen LogP contribution >= 0.6 is 0 Å². The quantitative estimate of drug-likeness (QED) is 0.523. The summed E-state index contributed by atoms with van der Waals surface area (Å²) in [5.41, 5.74) is 0.704. The van der Waals surface area contributed by atoms with Gasteiger partial charge in [-0.1, -0.05) is 0 Å². The lowest BCUT2D eigenvalue weighted by molar-refractivity contribution is -0.138. The molecule has 2 fully saturated rings. The fourth-order valence-corrected chi connectivity index (χ4v) is 6.27. The van der Waals surface area contributed by atoms with E-state index in [2.05, 4.69) is 0 Å². The summed E-state index contributed by atoms with van der Waals surface area (Å²) in [5, 5.41) is 0. The Morgan fingerprint density at radius 2 is 1.77 bits per heavy atom. The Bertz CT molecular complexity index is 1420. The van der Waals surface area contributed by atoms with Crippen molar-refractivity contribution < 1.29 is 26.8 Å². The molecule has 11 nitrogen and oxygen atoms in total.